The molecule has 1 aromatic rings. The number of nitrogens with zero attached hydrogens (tertiary/aromatic N) is 1. The van der Waals surface area contributed by atoms with E-state index in [9.17, 15) is 14.7 Å². The Morgan fingerprint density at radius 1 is 1.32 bits per heavy atom. The molecule has 0 atom stereocenters. The highest BCUT2D eigenvalue weighted by atomic mass is 16.5. The van der Waals surface area contributed by atoms with Crippen LogP contribution in [0.25, 0.3) is 0 Å². The third-order valence-electron chi connectivity index (χ3n) is 4.49. The number of aliphatic carboxylic acids is 1. The molecular weight excluding hydrogens is 284 g/mol. The van der Waals surface area contributed by atoms with E-state index in [1.165, 1.54) is 0 Å². The number of carboxylic acids is 1. The number of rotatable bonds is 5. The van der Waals surface area contributed by atoms with Crippen LogP contribution in [-0.4, -0.2) is 28.7 Å². The number of aryl methyl sites for hydroxylation is 1. The molecule has 1 fully saturated rings. The van der Waals surface area contributed by atoms with Crippen molar-refractivity contribution in [1.29, 1.82) is 0 Å². The van der Waals surface area contributed by atoms with Crippen molar-refractivity contribution in [3.05, 3.63) is 17.0 Å². The molecule has 0 bridgehead atoms. The van der Waals surface area contributed by atoms with Crippen molar-refractivity contribution >= 4 is 11.9 Å². The summed E-state index contributed by atoms with van der Waals surface area (Å²) in [6.07, 6.45) is 4.08. The normalized spacial score (nSPS) is 17.5. The van der Waals surface area contributed by atoms with E-state index in [4.69, 9.17) is 4.52 Å². The third kappa shape index (κ3) is 3.15. The number of hydrogen-bond donors (Lipinski definition) is 2. The average Bonchev–Trinajstić information content (AvgIpc) is 2.87. The van der Waals surface area contributed by atoms with E-state index in [0.29, 0.717) is 29.9 Å². The standard InChI is InChI=1S/C16H24N2O4/c1-10(2)13-12(11(3)18-22-13)14(19)17-9-16(15(20)21)7-5-4-6-8-16/h10H,4-9H2,1-3H3,(H,17,19)(H,20,21). The van der Waals surface area contributed by atoms with Crippen LogP contribution in [0.1, 0.15) is 73.7 Å². The lowest BCUT2D eigenvalue weighted by Crippen LogP contribution is -2.44. The zero-order valence-electron chi connectivity index (χ0n) is 13.4. The maximum Gasteiger partial charge on any atom is 0.311 e. The monoisotopic (exact) mass is 308 g/mol. The third-order valence-corrected chi connectivity index (χ3v) is 4.49. The summed E-state index contributed by atoms with van der Waals surface area (Å²) < 4.78 is 5.22. The fourth-order valence-electron chi connectivity index (χ4n) is 3.09. The first-order valence-electron chi connectivity index (χ1n) is 7.85. The van der Waals surface area contributed by atoms with Gasteiger partial charge in [0.15, 0.2) is 5.76 Å². The van der Waals surface area contributed by atoms with Crippen molar-refractivity contribution in [2.45, 2.75) is 58.8 Å². The summed E-state index contributed by atoms with van der Waals surface area (Å²) >= 11 is 0. The Morgan fingerprint density at radius 2 is 1.95 bits per heavy atom. The van der Waals surface area contributed by atoms with Gasteiger partial charge in [-0.2, -0.15) is 0 Å². The number of hydrogen-bond acceptors (Lipinski definition) is 4. The molecule has 6 nitrogen and oxygen atoms in total. The number of carboxylic acid groups (broad SMARTS) is 1. The Labute approximate surface area is 130 Å². The number of carbonyl (C=O) groups is 2. The molecule has 0 aromatic carbocycles. The summed E-state index contributed by atoms with van der Waals surface area (Å²) in [5.74, 6) is -0.527. The largest absolute Gasteiger partial charge is 0.481 e. The van der Waals surface area contributed by atoms with Crippen LogP contribution in [0, 0.1) is 12.3 Å². The second-order valence-corrected chi connectivity index (χ2v) is 6.49. The first kappa shape index (κ1) is 16.5. The van der Waals surface area contributed by atoms with Crippen molar-refractivity contribution in [3.8, 4) is 0 Å². The summed E-state index contributed by atoms with van der Waals surface area (Å²) in [6, 6.07) is 0. The minimum Gasteiger partial charge on any atom is -0.481 e. The first-order chi connectivity index (χ1) is 10.4. The van der Waals surface area contributed by atoms with Gasteiger partial charge in [-0.25, -0.2) is 0 Å². The molecule has 0 radical (unpaired) electrons. The quantitative estimate of drug-likeness (QED) is 0.872. The van der Waals surface area contributed by atoms with E-state index in [0.717, 1.165) is 19.3 Å². The molecule has 6 heteroatoms. The predicted molar refractivity (Wildman–Crippen MR) is 80.8 cm³/mol. The second-order valence-electron chi connectivity index (χ2n) is 6.49. The van der Waals surface area contributed by atoms with E-state index in [1.54, 1.807) is 6.92 Å². The first-order valence-corrected chi connectivity index (χ1v) is 7.85. The van der Waals surface area contributed by atoms with Gasteiger partial charge in [0, 0.05) is 12.5 Å². The van der Waals surface area contributed by atoms with Crippen molar-refractivity contribution < 1.29 is 19.2 Å². The van der Waals surface area contributed by atoms with Gasteiger partial charge in [-0.3, -0.25) is 9.59 Å². The predicted octanol–water partition coefficient (Wildman–Crippen LogP) is 2.87. The van der Waals surface area contributed by atoms with Crippen molar-refractivity contribution in [1.82, 2.24) is 10.5 Å². The van der Waals surface area contributed by atoms with Gasteiger partial charge in [0.2, 0.25) is 0 Å². The molecule has 1 aliphatic rings. The summed E-state index contributed by atoms with van der Waals surface area (Å²) in [5, 5.41) is 16.2. The van der Waals surface area contributed by atoms with E-state index >= 15 is 0 Å². The molecule has 122 valence electrons. The van der Waals surface area contributed by atoms with Gasteiger partial charge in [0.05, 0.1) is 11.1 Å². The molecule has 0 unspecified atom stereocenters. The molecule has 1 aromatic heterocycles. The van der Waals surface area contributed by atoms with E-state index in [2.05, 4.69) is 10.5 Å². The van der Waals surface area contributed by atoms with Crippen LogP contribution in [0.3, 0.4) is 0 Å². The summed E-state index contributed by atoms with van der Waals surface area (Å²) in [6.45, 7) is 5.73. The lowest BCUT2D eigenvalue weighted by molar-refractivity contribution is -0.150. The van der Waals surface area contributed by atoms with Gasteiger partial charge in [-0.1, -0.05) is 38.3 Å². The summed E-state index contributed by atoms with van der Waals surface area (Å²) in [7, 11) is 0. The number of carbonyl (C=O) groups excluding carboxylic acids is 1. The highest BCUT2D eigenvalue weighted by Gasteiger charge is 2.40. The Bertz CT molecular complexity index is 556. The molecule has 2 N–H and O–H groups in total. The van der Waals surface area contributed by atoms with Gasteiger partial charge in [-0.05, 0) is 19.8 Å². The minimum atomic E-state index is -0.836. The van der Waals surface area contributed by atoms with E-state index < -0.39 is 11.4 Å². The van der Waals surface area contributed by atoms with E-state index in [-0.39, 0.29) is 18.4 Å². The van der Waals surface area contributed by atoms with Crippen molar-refractivity contribution in [2.24, 2.45) is 5.41 Å². The summed E-state index contributed by atoms with van der Waals surface area (Å²) in [5.41, 5.74) is 0.136. The van der Waals surface area contributed by atoms with Crippen LogP contribution >= 0.6 is 0 Å². The number of amides is 1. The average molecular weight is 308 g/mol. The lowest BCUT2D eigenvalue weighted by atomic mass is 9.74. The van der Waals surface area contributed by atoms with Crippen LogP contribution in [0.2, 0.25) is 0 Å². The molecule has 0 saturated heterocycles. The molecule has 1 heterocycles. The van der Waals surface area contributed by atoms with Gasteiger partial charge in [0.1, 0.15) is 5.56 Å². The van der Waals surface area contributed by atoms with Gasteiger partial charge in [-0.15, -0.1) is 0 Å². The van der Waals surface area contributed by atoms with Crippen LogP contribution in [-0.2, 0) is 4.79 Å². The van der Waals surface area contributed by atoms with Crippen LogP contribution < -0.4 is 5.32 Å². The van der Waals surface area contributed by atoms with Crippen LogP contribution in [0.5, 0.6) is 0 Å². The molecular formula is C16H24N2O4. The topological polar surface area (TPSA) is 92.4 Å². The fraction of sp³-hybridized carbons (Fsp3) is 0.688. The minimum absolute atomic E-state index is 0.0464. The zero-order valence-corrected chi connectivity index (χ0v) is 13.4. The summed E-state index contributed by atoms with van der Waals surface area (Å²) in [4.78, 5) is 24.1. The van der Waals surface area contributed by atoms with Crippen molar-refractivity contribution in [3.63, 3.8) is 0 Å². The molecule has 1 aliphatic carbocycles. The van der Waals surface area contributed by atoms with Crippen LogP contribution in [0.4, 0.5) is 0 Å². The van der Waals surface area contributed by atoms with E-state index in [1.807, 2.05) is 13.8 Å². The van der Waals surface area contributed by atoms with Gasteiger partial charge in [0.25, 0.3) is 5.91 Å². The zero-order chi connectivity index (χ0) is 16.3. The highest BCUT2D eigenvalue weighted by molar-refractivity contribution is 5.96. The molecule has 1 amide bonds. The maximum absolute atomic E-state index is 12.5. The number of nitrogens with one attached hydrogen (secondary N) is 1. The van der Waals surface area contributed by atoms with Gasteiger partial charge >= 0.3 is 5.97 Å². The smallest absolute Gasteiger partial charge is 0.311 e. The van der Waals surface area contributed by atoms with Crippen LogP contribution in [0.15, 0.2) is 4.52 Å². The molecule has 22 heavy (non-hydrogen) atoms. The van der Waals surface area contributed by atoms with Gasteiger partial charge < -0.3 is 14.9 Å². The second kappa shape index (κ2) is 6.50. The number of aromatic nitrogens is 1. The Balaban J connectivity index is 2.12. The maximum atomic E-state index is 12.5. The molecule has 0 aliphatic heterocycles. The fourth-order valence-corrected chi connectivity index (χ4v) is 3.09. The SMILES string of the molecule is Cc1noc(C(C)C)c1C(=O)NCC1(C(=O)O)CCCCC1. The lowest BCUT2D eigenvalue weighted by Gasteiger charge is -2.33. The Morgan fingerprint density at radius 3 is 2.50 bits per heavy atom. The molecule has 0 spiro atoms. The molecule has 2 rings (SSSR count). The highest BCUT2D eigenvalue weighted by Crippen LogP contribution is 2.36. The molecule has 1 saturated carbocycles. The Kier molecular flexibility index (Phi) is 4.88. The van der Waals surface area contributed by atoms with Crippen molar-refractivity contribution in [2.75, 3.05) is 6.54 Å². The Hall–Kier alpha value is -1.85.